The number of nitro groups is 1. The smallest absolute Gasteiger partial charge is 0.336 e. The van der Waals surface area contributed by atoms with E-state index in [2.05, 4.69) is 0 Å². The summed E-state index contributed by atoms with van der Waals surface area (Å²) in [7, 11) is 0. The maximum absolute atomic E-state index is 12.9. The van der Waals surface area contributed by atoms with E-state index in [4.69, 9.17) is 9.47 Å². The second kappa shape index (κ2) is 9.88. The molecule has 2 rings (SSSR count). The van der Waals surface area contributed by atoms with Crippen LogP contribution < -0.4 is 0 Å². The van der Waals surface area contributed by atoms with Crippen molar-refractivity contribution in [3.05, 3.63) is 62.5 Å². The van der Waals surface area contributed by atoms with Gasteiger partial charge in [0.25, 0.3) is 5.69 Å². The molecule has 0 saturated heterocycles. The number of rotatable bonds is 8. The number of allylic oxidation sites excluding steroid dienone is 2. The minimum atomic E-state index is -1.17. The third kappa shape index (κ3) is 4.90. The van der Waals surface area contributed by atoms with Crippen molar-refractivity contribution in [3.63, 3.8) is 0 Å². The zero-order valence-corrected chi connectivity index (χ0v) is 17.7. The molecule has 0 saturated carbocycles. The van der Waals surface area contributed by atoms with Gasteiger partial charge in [0.1, 0.15) is 6.54 Å². The molecule has 166 valence electrons. The first-order chi connectivity index (χ1) is 14.6. The standard InChI is InChI=1S/C21H24N2O8/c1-5-30-20(26)17-12(3)22(11-16(24)25)13(4)18(21(27)31-6-2)19(17)14-8-7-9-15(10-14)23(28)29/h7-10,19H,5-6,11H2,1-4H3,(H,24,25). The second-order valence-corrected chi connectivity index (χ2v) is 6.70. The van der Waals surface area contributed by atoms with Crippen LogP contribution in [0.2, 0.25) is 0 Å². The highest BCUT2D eigenvalue weighted by molar-refractivity contribution is 6.00. The number of non-ortho nitro benzene ring substituents is 1. The lowest BCUT2D eigenvalue weighted by atomic mass is 9.79. The Morgan fingerprint density at radius 1 is 1.06 bits per heavy atom. The van der Waals surface area contributed by atoms with Crippen molar-refractivity contribution in [2.24, 2.45) is 0 Å². The molecule has 10 nitrogen and oxygen atoms in total. The second-order valence-electron chi connectivity index (χ2n) is 6.70. The molecule has 0 unspecified atom stereocenters. The maximum Gasteiger partial charge on any atom is 0.336 e. The average Bonchev–Trinajstić information content (AvgIpc) is 2.70. The molecule has 0 atom stereocenters. The van der Waals surface area contributed by atoms with Gasteiger partial charge in [-0.1, -0.05) is 12.1 Å². The predicted octanol–water partition coefficient (Wildman–Crippen LogP) is 2.75. The number of benzene rings is 1. The van der Waals surface area contributed by atoms with E-state index in [0.717, 1.165) is 0 Å². The third-order valence-electron chi connectivity index (χ3n) is 4.87. The van der Waals surface area contributed by atoms with Crippen molar-refractivity contribution < 1.29 is 33.9 Å². The summed E-state index contributed by atoms with van der Waals surface area (Å²) >= 11 is 0. The summed E-state index contributed by atoms with van der Waals surface area (Å²) in [4.78, 5) is 49.3. The van der Waals surface area contributed by atoms with E-state index >= 15 is 0 Å². The summed E-state index contributed by atoms with van der Waals surface area (Å²) in [5.74, 6) is -3.69. The third-order valence-corrected chi connectivity index (χ3v) is 4.87. The summed E-state index contributed by atoms with van der Waals surface area (Å²) in [5.41, 5.74) is 0.710. The molecule has 10 heteroatoms. The lowest BCUT2D eigenvalue weighted by molar-refractivity contribution is -0.384. The lowest BCUT2D eigenvalue weighted by Crippen LogP contribution is -2.37. The van der Waals surface area contributed by atoms with E-state index in [1.807, 2.05) is 0 Å². The number of carboxylic acid groups (broad SMARTS) is 1. The number of nitrogens with zero attached hydrogens (tertiary/aromatic N) is 2. The van der Waals surface area contributed by atoms with E-state index < -0.39 is 35.3 Å². The molecule has 31 heavy (non-hydrogen) atoms. The van der Waals surface area contributed by atoms with Crippen molar-refractivity contribution in [3.8, 4) is 0 Å². The summed E-state index contributed by atoms with van der Waals surface area (Å²) < 4.78 is 10.4. The maximum atomic E-state index is 12.9. The highest BCUT2D eigenvalue weighted by atomic mass is 16.6. The van der Waals surface area contributed by atoms with Crippen LogP contribution in [0.5, 0.6) is 0 Å². The van der Waals surface area contributed by atoms with Crippen molar-refractivity contribution >= 4 is 23.6 Å². The van der Waals surface area contributed by atoms with Gasteiger partial charge >= 0.3 is 17.9 Å². The molecule has 0 radical (unpaired) electrons. The molecule has 0 aromatic heterocycles. The predicted molar refractivity (Wildman–Crippen MR) is 109 cm³/mol. The molecule has 1 heterocycles. The normalized spacial score (nSPS) is 14.5. The first-order valence-corrected chi connectivity index (χ1v) is 9.63. The molecule has 0 amide bonds. The van der Waals surface area contributed by atoms with E-state index in [1.165, 1.54) is 23.1 Å². The fraction of sp³-hybridized carbons (Fsp3) is 0.381. The fourth-order valence-corrected chi connectivity index (χ4v) is 3.58. The molecular weight excluding hydrogens is 408 g/mol. The van der Waals surface area contributed by atoms with Crippen LogP contribution in [0.4, 0.5) is 5.69 Å². The zero-order chi connectivity index (χ0) is 23.3. The number of carboxylic acids is 1. The number of hydrogen-bond donors (Lipinski definition) is 1. The first kappa shape index (κ1) is 23.6. The molecular formula is C21H24N2O8. The molecule has 1 aliphatic heterocycles. The minimum absolute atomic E-state index is 0.0252. The van der Waals surface area contributed by atoms with Gasteiger partial charge in [0, 0.05) is 23.5 Å². The van der Waals surface area contributed by atoms with Gasteiger partial charge in [0.2, 0.25) is 0 Å². The van der Waals surface area contributed by atoms with Crippen LogP contribution in [-0.4, -0.2) is 52.6 Å². The molecule has 0 spiro atoms. The van der Waals surface area contributed by atoms with Gasteiger partial charge in [0.15, 0.2) is 0 Å². The van der Waals surface area contributed by atoms with E-state index in [-0.39, 0.29) is 41.4 Å². The number of esters is 2. The summed E-state index contributed by atoms with van der Waals surface area (Å²) in [6.45, 7) is 5.92. The van der Waals surface area contributed by atoms with Crippen molar-refractivity contribution in [1.29, 1.82) is 0 Å². The van der Waals surface area contributed by atoms with Gasteiger partial charge in [-0.25, -0.2) is 9.59 Å². The van der Waals surface area contributed by atoms with Crippen LogP contribution in [0, 0.1) is 10.1 Å². The Bertz CT molecular complexity index is 937. The highest BCUT2D eigenvalue weighted by Crippen LogP contribution is 2.43. The topological polar surface area (TPSA) is 136 Å². The van der Waals surface area contributed by atoms with Crippen LogP contribution in [0.3, 0.4) is 0 Å². The molecule has 0 aliphatic carbocycles. The lowest BCUT2D eigenvalue weighted by Gasteiger charge is -2.37. The van der Waals surface area contributed by atoms with Crippen LogP contribution in [0.1, 0.15) is 39.2 Å². The van der Waals surface area contributed by atoms with Gasteiger partial charge < -0.3 is 19.5 Å². The number of hydrogen-bond acceptors (Lipinski definition) is 8. The monoisotopic (exact) mass is 432 g/mol. The number of aliphatic carboxylic acids is 1. The van der Waals surface area contributed by atoms with Crippen molar-refractivity contribution in [2.75, 3.05) is 19.8 Å². The van der Waals surface area contributed by atoms with E-state index in [0.29, 0.717) is 5.56 Å². The van der Waals surface area contributed by atoms with Crippen LogP contribution >= 0.6 is 0 Å². The molecule has 0 bridgehead atoms. The first-order valence-electron chi connectivity index (χ1n) is 9.63. The van der Waals surface area contributed by atoms with Gasteiger partial charge in [-0.15, -0.1) is 0 Å². The Labute approximate surface area is 178 Å². The molecule has 0 fully saturated rings. The summed E-state index contributed by atoms with van der Waals surface area (Å²) in [6, 6.07) is 5.58. The Balaban J connectivity index is 2.83. The number of ether oxygens (including phenoxy) is 2. The largest absolute Gasteiger partial charge is 0.480 e. The highest BCUT2D eigenvalue weighted by Gasteiger charge is 2.41. The van der Waals surface area contributed by atoms with Crippen LogP contribution in [0.15, 0.2) is 46.8 Å². The zero-order valence-electron chi connectivity index (χ0n) is 17.7. The number of carbonyl (C=O) groups is 3. The van der Waals surface area contributed by atoms with Crippen LogP contribution in [-0.2, 0) is 23.9 Å². The van der Waals surface area contributed by atoms with Gasteiger partial charge in [-0.2, -0.15) is 0 Å². The average molecular weight is 432 g/mol. The van der Waals surface area contributed by atoms with Gasteiger partial charge in [-0.3, -0.25) is 14.9 Å². The fourth-order valence-electron chi connectivity index (χ4n) is 3.58. The number of carbonyl (C=O) groups excluding carboxylic acids is 2. The summed E-state index contributed by atoms with van der Waals surface area (Å²) in [5, 5.41) is 20.6. The Hall–Kier alpha value is -3.69. The number of nitro benzene ring substituents is 1. The van der Waals surface area contributed by atoms with Gasteiger partial charge in [-0.05, 0) is 33.3 Å². The van der Waals surface area contributed by atoms with Crippen LogP contribution in [0.25, 0.3) is 0 Å². The van der Waals surface area contributed by atoms with E-state index in [9.17, 15) is 29.6 Å². The molecule has 1 aromatic rings. The Morgan fingerprint density at radius 3 is 2.00 bits per heavy atom. The minimum Gasteiger partial charge on any atom is -0.480 e. The van der Waals surface area contributed by atoms with Gasteiger partial charge in [0.05, 0.1) is 35.2 Å². The SMILES string of the molecule is CCOC(=O)C1=C(C)N(CC(=O)O)C(C)=C(C(=O)OCC)C1c1cccc([N+](=O)[O-])c1. The molecule has 1 aromatic carbocycles. The Morgan fingerprint density at radius 2 is 1.58 bits per heavy atom. The quantitative estimate of drug-likeness (QED) is 0.373. The summed E-state index contributed by atoms with van der Waals surface area (Å²) in [6.07, 6.45) is 0. The van der Waals surface area contributed by atoms with Crippen molar-refractivity contribution in [1.82, 2.24) is 4.90 Å². The van der Waals surface area contributed by atoms with Crippen molar-refractivity contribution in [2.45, 2.75) is 33.6 Å². The Kier molecular flexibility index (Phi) is 7.51. The molecule has 1 aliphatic rings. The van der Waals surface area contributed by atoms with E-state index in [1.54, 1.807) is 33.8 Å². The molecule has 1 N–H and O–H groups in total.